The molecule has 0 bridgehead atoms. The summed E-state index contributed by atoms with van der Waals surface area (Å²) in [5.74, 6) is 0.806. The maximum atomic E-state index is 13.0. The molecule has 1 saturated carbocycles. The van der Waals surface area contributed by atoms with Crippen LogP contribution in [0.5, 0.6) is 0 Å². The van der Waals surface area contributed by atoms with E-state index in [9.17, 15) is 4.79 Å². The molecule has 1 aliphatic heterocycles. The van der Waals surface area contributed by atoms with Crippen molar-refractivity contribution in [2.75, 3.05) is 6.54 Å². The molecule has 1 atom stereocenters. The molecule has 24 heavy (non-hydrogen) atoms. The average molecular weight is 439 g/mol. The molecule has 1 aromatic rings. The van der Waals surface area contributed by atoms with Crippen molar-refractivity contribution in [2.45, 2.75) is 52.1 Å². The maximum Gasteiger partial charge on any atom is 0.256 e. The van der Waals surface area contributed by atoms with Crippen LogP contribution in [-0.2, 0) is 16.2 Å². The summed E-state index contributed by atoms with van der Waals surface area (Å²) in [5.41, 5.74) is 1.90. The van der Waals surface area contributed by atoms with E-state index in [2.05, 4.69) is 33.6 Å². The number of rotatable bonds is 5. The van der Waals surface area contributed by atoms with E-state index in [1.54, 1.807) is 5.06 Å². The van der Waals surface area contributed by atoms with E-state index in [4.69, 9.17) is 4.84 Å². The SMILES string of the molecule is CC1(CC2CCCCC2)C(=O)N(OCc2ccccc2)C/C1=C\I. The van der Waals surface area contributed by atoms with Crippen molar-refractivity contribution < 1.29 is 9.63 Å². The van der Waals surface area contributed by atoms with Gasteiger partial charge in [-0.15, -0.1) is 0 Å². The Kier molecular flexibility index (Phi) is 5.98. The molecule has 3 nitrogen and oxygen atoms in total. The highest BCUT2D eigenvalue weighted by Crippen LogP contribution is 2.45. The molecule has 1 amide bonds. The monoisotopic (exact) mass is 439 g/mol. The lowest BCUT2D eigenvalue weighted by atomic mass is 9.73. The van der Waals surface area contributed by atoms with Crippen molar-refractivity contribution in [3.8, 4) is 0 Å². The summed E-state index contributed by atoms with van der Waals surface area (Å²) in [6, 6.07) is 10.0. The zero-order valence-electron chi connectivity index (χ0n) is 14.3. The van der Waals surface area contributed by atoms with Crippen molar-refractivity contribution in [3.63, 3.8) is 0 Å². The quantitative estimate of drug-likeness (QED) is 0.587. The topological polar surface area (TPSA) is 29.5 Å². The molecule has 130 valence electrons. The predicted octanol–water partition coefficient (Wildman–Crippen LogP) is 5.26. The molecule has 2 aliphatic rings. The third kappa shape index (κ3) is 3.85. The zero-order chi connectivity index (χ0) is 17.0. The van der Waals surface area contributed by atoms with E-state index < -0.39 is 0 Å². The molecule has 0 radical (unpaired) electrons. The van der Waals surface area contributed by atoms with Crippen LogP contribution in [0.4, 0.5) is 0 Å². The summed E-state index contributed by atoms with van der Waals surface area (Å²) in [6.07, 6.45) is 7.47. The second kappa shape index (κ2) is 8.00. The number of hydrogen-bond donors (Lipinski definition) is 0. The minimum Gasteiger partial charge on any atom is -0.272 e. The van der Waals surface area contributed by atoms with Gasteiger partial charge in [0.25, 0.3) is 5.91 Å². The van der Waals surface area contributed by atoms with Gasteiger partial charge in [0.2, 0.25) is 0 Å². The van der Waals surface area contributed by atoms with Gasteiger partial charge in [0.15, 0.2) is 0 Å². The minimum absolute atomic E-state index is 0.131. The predicted molar refractivity (Wildman–Crippen MR) is 104 cm³/mol. The Morgan fingerprint density at radius 2 is 1.96 bits per heavy atom. The van der Waals surface area contributed by atoms with Gasteiger partial charge in [-0.05, 0) is 34.5 Å². The Labute approximate surface area is 158 Å². The highest BCUT2D eigenvalue weighted by Gasteiger charge is 2.48. The van der Waals surface area contributed by atoms with Crippen LogP contribution in [0.3, 0.4) is 0 Å². The van der Waals surface area contributed by atoms with Crippen LogP contribution in [0.15, 0.2) is 40.0 Å². The Hall–Kier alpha value is -0.880. The number of carbonyl (C=O) groups excluding carboxylic acids is 1. The lowest BCUT2D eigenvalue weighted by molar-refractivity contribution is -0.187. The van der Waals surface area contributed by atoms with Crippen LogP contribution in [0, 0.1) is 11.3 Å². The van der Waals surface area contributed by atoms with Gasteiger partial charge in [-0.3, -0.25) is 9.63 Å². The largest absolute Gasteiger partial charge is 0.272 e. The lowest BCUT2D eigenvalue weighted by Gasteiger charge is -2.31. The molecule has 1 aliphatic carbocycles. The molecule has 4 heteroatoms. The van der Waals surface area contributed by atoms with Gasteiger partial charge in [0.1, 0.15) is 6.61 Å². The molecular formula is C20H26INO2. The number of hydroxylamine groups is 2. The number of halogens is 1. The summed E-state index contributed by atoms with van der Waals surface area (Å²) >= 11 is 2.27. The highest BCUT2D eigenvalue weighted by molar-refractivity contribution is 14.1. The second-order valence-corrected chi connectivity index (χ2v) is 7.90. The molecular weight excluding hydrogens is 413 g/mol. The normalized spacial score (nSPS) is 27.2. The van der Waals surface area contributed by atoms with Crippen molar-refractivity contribution in [2.24, 2.45) is 11.3 Å². The maximum absolute atomic E-state index is 13.0. The fraction of sp³-hybridized carbons (Fsp3) is 0.550. The third-order valence-corrected chi connectivity index (χ3v) is 6.26. The van der Waals surface area contributed by atoms with E-state index >= 15 is 0 Å². The van der Waals surface area contributed by atoms with Gasteiger partial charge in [0, 0.05) is 0 Å². The third-order valence-electron chi connectivity index (χ3n) is 5.50. The second-order valence-electron chi connectivity index (χ2n) is 7.28. The minimum atomic E-state index is -0.389. The first-order valence-corrected chi connectivity index (χ1v) is 10.2. The number of carbonyl (C=O) groups is 1. The van der Waals surface area contributed by atoms with Gasteiger partial charge in [-0.25, -0.2) is 5.06 Å². The van der Waals surface area contributed by atoms with Gasteiger partial charge in [-0.2, -0.15) is 0 Å². The Morgan fingerprint density at radius 1 is 1.25 bits per heavy atom. The Bertz CT molecular complexity index is 595. The molecule has 1 aromatic carbocycles. The highest BCUT2D eigenvalue weighted by atomic mass is 127. The van der Waals surface area contributed by atoms with Gasteiger partial charge >= 0.3 is 0 Å². The number of benzene rings is 1. The van der Waals surface area contributed by atoms with Crippen LogP contribution in [0.25, 0.3) is 0 Å². The zero-order valence-corrected chi connectivity index (χ0v) is 16.5. The number of hydrogen-bond acceptors (Lipinski definition) is 2. The van der Waals surface area contributed by atoms with Crippen molar-refractivity contribution in [1.82, 2.24) is 5.06 Å². The van der Waals surface area contributed by atoms with E-state index in [0.29, 0.717) is 19.1 Å². The molecule has 1 heterocycles. The van der Waals surface area contributed by atoms with Gasteiger partial charge in [0.05, 0.1) is 12.0 Å². The van der Waals surface area contributed by atoms with E-state index in [1.807, 2.05) is 30.3 Å². The van der Waals surface area contributed by atoms with Crippen LogP contribution in [0.2, 0.25) is 0 Å². The lowest BCUT2D eigenvalue weighted by Crippen LogP contribution is -2.34. The van der Waals surface area contributed by atoms with Crippen LogP contribution < -0.4 is 0 Å². The van der Waals surface area contributed by atoms with E-state index in [-0.39, 0.29) is 11.3 Å². The molecule has 0 aromatic heterocycles. The summed E-state index contributed by atoms with van der Waals surface area (Å²) in [7, 11) is 0. The van der Waals surface area contributed by atoms with E-state index in [0.717, 1.165) is 12.0 Å². The van der Waals surface area contributed by atoms with Crippen molar-refractivity contribution in [3.05, 3.63) is 45.6 Å². The fourth-order valence-electron chi connectivity index (χ4n) is 3.99. The first-order chi connectivity index (χ1) is 11.6. The summed E-state index contributed by atoms with van der Waals surface area (Å²) < 4.78 is 2.09. The molecule has 2 fully saturated rings. The number of nitrogens with zero attached hydrogens (tertiary/aromatic N) is 1. The average Bonchev–Trinajstić information content (AvgIpc) is 2.85. The number of amides is 1. The molecule has 0 N–H and O–H groups in total. The first-order valence-electron chi connectivity index (χ1n) is 8.92. The standard InChI is InChI=1S/C20H26INO2/c1-20(12-16-8-4-2-5-9-16)18(13-21)14-22(19(20)23)24-15-17-10-6-3-7-11-17/h3,6-7,10-11,13,16H,2,4-5,8-9,12,14-15H2,1H3/b18-13+. The Balaban J connectivity index is 1.67. The fourth-order valence-corrected chi connectivity index (χ4v) is 4.87. The molecule has 1 saturated heterocycles. The van der Waals surface area contributed by atoms with Gasteiger partial charge in [-0.1, -0.05) is 85.0 Å². The molecule has 1 unspecified atom stereocenters. The van der Waals surface area contributed by atoms with Crippen LogP contribution in [-0.4, -0.2) is 17.5 Å². The molecule has 0 spiro atoms. The first kappa shape index (κ1) is 17.9. The van der Waals surface area contributed by atoms with E-state index in [1.165, 1.54) is 37.7 Å². The molecule has 3 rings (SSSR count). The Morgan fingerprint density at radius 3 is 2.62 bits per heavy atom. The summed E-state index contributed by atoms with van der Waals surface area (Å²) in [5, 5.41) is 1.58. The van der Waals surface area contributed by atoms with Crippen LogP contribution >= 0.6 is 22.6 Å². The van der Waals surface area contributed by atoms with Crippen molar-refractivity contribution in [1.29, 1.82) is 0 Å². The smallest absolute Gasteiger partial charge is 0.256 e. The summed E-state index contributed by atoms with van der Waals surface area (Å²) in [6.45, 7) is 3.15. The van der Waals surface area contributed by atoms with Gasteiger partial charge < -0.3 is 0 Å². The van der Waals surface area contributed by atoms with Crippen LogP contribution in [0.1, 0.15) is 51.0 Å². The van der Waals surface area contributed by atoms with Crippen molar-refractivity contribution >= 4 is 28.5 Å². The summed E-state index contributed by atoms with van der Waals surface area (Å²) in [4.78, 5) is 18.9.